The molecule has 0 fully saturated rings. The van der Waals surface area contributed by atoms with E-state index in [0.29, 0.717) is 12.1 Å². The van der Waals surface area contributed by atoms with Gasteiger partial charge in [0.2, 0.25) is 0 Å². The molecule has 0 aliphatic carbocycles. The number of benzene rings is 1. The highest BCUT2D eigenvalue weighted by Gasteiger charge is 2.34. The van der Waals surface area contributed by atoms with Crippen LogP contribution >= 0.6 is 8.07 Å². The summed E-state index contributed by atoms with van der Waals surface area (Å²) in [7, 11) is -0.108. The van der Waals surface area contributed by atoms with Crippen LogP contribution in [0.1, 0.15) is 33.3 Å². The predicted molar refractivity (Wildman–Crippen MR) is 73.5 cm³/mol. The first kappa shape index (κ1) is 11.8. The Morgan fingerprint density at radius 2 is 1.50 bits per heavy atom. The number of hydrogen-bond acceptors (Lipinski definition) is 1. The van der Waals surface area contributed by atoms with Crippen molar-refractivity contribution in [3.63, 3.8) is 0 Å². The molecule has 1 unspecified atom stereocenters. The Bertz CT molecular complexity index is 373. The molecule has 1 aliphatic heterocycles. The summed E-state index contributed by atoms with van der Waals surface area (Å²) in [6.45, 7) is 9.16. The Kier molecular flexibility index (Phi) is 3.47. The summed E-state index contributed by atoms with van der Waals surface area (Å²) >= 11 is 0. The van der Waals surface area contributed by atoms with Gasteiger partial charge in [0, 0.05) is 25.5 Å². The maximum atomic E-state index is 2.62. The molecule has 0 saturated heterocycles. The second-order valence-corrected chi connectivity index (χ2v) is 6.68. The second-order valence-electron chi connectivity index (χ2n) is 4.79. The highest BCUT2D eigenvalue weighted by molar-refractivity contribution is 7.78. The fraction of sp³-hybridized carbons (Fsp3) is 0.429. The molecule has 0 radical (unpaired) electrons. The lowest BCUT2D eigenvalue weighted by Gasteiger charge is -2.31. The van der Waals surface area contributed by atoms with E-state index in [2.05, 4.69) is 68.5 Å². The van der Waals surface area contributed by atoms with Crippen LogP contribution < -0.4 is 0 Å². The lowest BCUT2D eigenvalue weighted by Crippen LogP contribution is -2.30. The zero-order valence-electron chi connectivity index (χ0n) is 10.5. The first-order valence-corrected chi connectivity index (χ1v) is 7.32. The standard InChI is InChI=1S/C14H20NP/c1-11(2)15(12(3)4)16-10-14(16)13-8-6-5-7-9-13/h5-12H,1-4H3. The van der Waals surface area contributed by atoms with Crippen LogP contribution in [-0.2, 0) is 0 Å². The minimum Gasteiger partial charge on any atom is -0.270 e. The molecule has 16 heavy (non-hydrogen) atoms. The van der Waals surface area contributed by atoms with Crippen molar-refractivity contribution < 1.29 is 0 Å². The van der Waals surface area contributed by atoms with Gasteiger partial charge in [-0.05, 0) is 39.1 Å². The molecule has 1 aliphatic rings. The molecule has 1 aromatic carbocycles. The number of rotatable bonds is 4. The van der Waals surface area contributed by atoms with E-state index in [9.17, 15) is 0 Å². The van der Waals surface area contributed by atoms with Gasteiger partial charge in [-0.2, -0.15) is 0 Å². The first-order chi connectivity index (χ1) is 7.61. The Hall–Kier alpha value is -0.650. The minimum absolute atomic E-state index is 0.108. The molecule has 86 valence electrons. The summed E-state index contributed by atoms with van der Waals surface area (Å²) in [5.41, 5.74) is 1.40. The third-order valence-electron chi connectivity index (χ3n) is 2.80. The highest BCUT2D eigenvalue weighted by atomic mass is 31.1. The Balaban J connectivity index is 2.07. The highest BCUT2D eigenvalue weighted by Crippen LogP contribution is 2.70. The van der Waals surface area contributed by atoms with E-state index in [4.69, 9.17) is 0 Å². The van der Waals surface area contributed by atoms with Crippen LogP contribution in [0.3, 0.4) is 0 Å². The van der Waals surface area contributed by atoms with Gasteiger partial charge in [-0.25, -0.2) is 0 Å². The Labute approximate surface area is 100.0 Å². The van der Waals surface area contributed by atoms with Crippen LogP contribution in [0.4, 0.5) is 0 Å². The molecule has 0 spiro atoms. The zero-order valence-corrected chi connectivity index (χ0v) is 11.4. The van der Waals surface area contributed by atoms with Gasteiger partial charge in [-0.3, -0.25) is 4.67 Å². The number of nitrogens with zero attached hydrogens (tertiary/aromatic N) is 1. The summed E-state index contributed by atoms with van der Waals surface area (Å²) < 4.78 is 2.62. The van der Waals surface area contributed by atoms with Gasteiger partial charge in [-0.1, -0.05) is 30.3 Å². The average molecular weight is 233 g/mol. The van der Waals surface area contributed by atoms with Gasteiger partial charge in [0.05, 0.1) is 0 Å². The summed E-state index contributed by atoms with van der Waals surface area (Å²) in [5, 5.41) is 1.55. The van der Waals surface area contributed by atoms with Crippen LogP contribution in [0.2, 0.25) is 0 Å². The quantitative estimate of drug-likeness (QED) is 0.691. The van der Waals surface area contributed by atoms with Gasteiger partial charge in [0.15, 0.2) is 0 Å². The largest absolute Gasteiger partial charge is 0.270 e. The molecule has 1 heterocycles. The van der Waals surface area contributed by atoms with E-state index in [-0.39, 0.29) is 8.07 Å². The molecule has 0 bridgehead atoms. The molecule has 0 N–H and O–H groups in total. The first-order valence-electron chi connectivity index (χ1n) is 5.96. The van der Waals surface area contributed by atoms with Gasteiger partial charge in [0.1, 0.15) is 0 Å². The van der Waals surface area contributed by atoms with Crippen LogP contribution in [0.15, 0.2) is 36.1 Å². The SMILES string of the molecule is CC(C)N(C(C)C)P1C=C1c1ccccc1. The van der Waals surface area contributed by atoms with Crippen molar-refractivity contribution in [2.75, 3.05) is 0 Å². The molecule has 1 nitrogen and oxygen atoms in total. The third kappa shape index (κ3) is 2.36. The van der Waals surface area contributed by atoms with Crippen molar-refractivity contribution in [1.29, 1.82) is 0 Å². The molecule has 1 aromatic rings. The summed E-state index contributed by atoms with van der Waals surface area (Å²) in [6.07, 6.45) is 0. The summed E-state index contributed by atoms with van der Waals surface area (Å²) in [6, 6.07) is 12.0. The second kappa shape index (κ2) is 4.69. The third-order valence-corrected chi connectivity index (χ3v) is 5.33. The normalized spacial score (nSPS) is 19.4. The fourth-order valence-electron chi connectivity index (χ4n) is 2.19. The molecule has 0 amide bonds. The Morgan fingerprint density at radius 3 is 2.00 bits per heavy atom. The smallest absolute Gasteiger partial charge is 0.0225 e. The molecule has 2 heteroatoms. The van der Waals surface area contributed by atoms with E-state index >= 15 is 0 Å². The Morgan fingerprint density at radius 1 is 0.938 bits per heavy atom. The van der Waals surface area contributed by atoms with Crippen molar-refractivity contribution in [3.8, 4) is 0 Å². The minimum atomic E-state index is -0.108. The van der Waals surface area contributed by atoms with Gasteiger partial charge in [-0.15, -0.1) is 0 Å². The van der Waals surface area contributed by atoms with E-state index in [0.717, 1.165) is 0 Å². The van der Waals surface area contributed by atoms with Gasteiger partial charge >= 0.3 is 0 Å². The predicted octanol–water partition coefficient (Wildman–Crippen LogP) is 4.51. The van der Waals surface area contributed by atoms with Crippen LogP contribution in [0.25, 0.3) is 5.31 Å². The van der Waals surface area contributed by atoms with E-state index in [1.54, 1.807) is 5.31 Å². The lowest BCUT2D eigenvalue weighted by molar-refractivity contribution is 0.329. The molecule has 0 aromatic heterocycles. The molecular weight excluding hydrogens is 213 g/mol. The molecule has 2 rings (SSSR count). The maximum Gasteiger partial charge on any atom is 0.0225 e. The van der Waals surface area contributed by atoms with Crippen molar-refractivity contribution in [2.24, 2.45) is 0 Å². The zero-order chi connectivity index (χ0) is 11.7. The molecule has 1 atom stereocenters. The lowest BCUT2D eigenvalue weighted by atomic mass is 10.2. The monoisotopic (exact) mass is 233 g/mol. The van der Waals surface area contributed by atoms with Crippen LogP contribution in [0, 0.1) is 0 Å². The fourth-order valence-corrected chi connectivity index (χ4v) is 4.46. The van der Waals surface area contributed by atoms with E-state index in [1.807, 2.05) is 0 Å². The average Bonchev–Trinajstić information content (AvgIpc) is 2.98. The number of hydrogen-bond donors (Lipinski definition) is 0. The van der Waals surface area contributed by atoms with E-state index in [1.165, 1.54) is 5.56 Å². The van der Waals surface area contributed by atoms with Crippen molar-refractivity contribution >= 4 is 13.4 Å². The maximum absolute atomic E-state index is 2.62. The van der Waals surface area contributed by atoms with Crippen molar-refractivity contribution in [3.05, 3.63) is 41.7 Å². The molecular formula is C14H20NP. The molecule has 0 saturated carbocycles. The van der Waals surface area contributed by atoms with Crippen LogP contribution in [-0.4, -0.2) is 16.8 Å². The van der Waals surface area contributed by atoms with Crippen LogP contribution in [0.5, 0.6) is 0 Å². The topological polar surface area (TPSA) is 3.24 Å². The van der Waals surface area contributed by atoms with Gasteiger partial charge < -0.3 is 0 Å². The summed E-state index contributed by atoms with van der Waals surface area (Å²) in [5.74, 6) is 2.44. The van der Waals surface area contributed by atoms with E-state index < -0.39 is 0 Å². The van der Waals surface area contributed by atoms with Gasteiger partial charge in [0.25, 0.3) is 0 Å². The van der Waals surface area contributed by atoms with Crippen molar-refractivity contribution in [2.45, 2.75) is 39.8 Å². The summed E-state index contributed by atoms with van der Waals surface area (Å²) in [4.78, 5) is 0. The van der Waals surface area contributed by atoms with Crippen molar-refractivity contribution in [1.82, 2.24) is 4.67 Å².